The fraction of sp³-hybridized carbons (Fsp3) is 0.429. The maximum absolute atomic E-state index is 13.7. The van der Waals surface area contributed by atoms with Gasteiger partial charge >= 0.3 is 11.9 Å². The van der Waals surface area contributed by atoms with E-state index in [2.05, 4.69) is 31.9 Å². The molecule has 2 aromatic rings. The van der Waals surface area contributed by atoms with Gasteiger partial charge in [0.2, 0.25) is 0 Å². The average molecular weight is 646 g/mol. The first kappa shape index (κ1) is 37.3. The van der Waals surface area contributed by atoms with E-state index in [0.29, 0.717) is 24.2 Å². The quantitative estimate of drug-likeness (QED) is 0.188. The maximum Gasteiger partial charge on any atom is 0.329 e. The molecule has 0 saturated heterocycles. The summed E-state index contributed by atoms with van der Waals surface area (Å²) in [6.07, 6.45) is 4.46. The van der Waals surface area contributed by atoms with Crippen LogP contribution in [-0.2, 0) is 9.59 Å². The van der Waals surface area contributed by atoms with E-state index in [4.69, 9.17) is 10.8 Å². The maximum atomic E-state index is 13.7. The zero-order valence-corrected chi connectivity index (χ0v) is 23.0. The first-order valence-corrected chi connectivity index (χ1v) is 12.8. The van der Waals surface area contributed by atoms with Crippen LogP contribution in [0, 0.1) is 11.6 Å². The van der Waals surface area contributed by atoms with Crippen molar-refractivity contribution in [2.75, 3.05) is 25.1 Å². The van der Waals surface area contributed by atoms with Gasteiger partial charge in [0, 0.05) is 25.5 Å². The van der Waals surface area contributed by atoms with Crippen molar-refractivity contribution in [2.24, 2.45) is 0 Å². The van der Waals surface area contributed by atoms with Gasteiger partial charge in [-0.05, 0) is 74.9 Å². The van der Waals surface area contributed by atoms with Gasteiger partial charge in [-0.15, -0.1) is 0 Å². The zero-order chi connectivity index (χ0) is 29.4. The Balaban J connectivity index is 0.000000626. The molecule has 41 heavy (non-hydrogen) atoms. The molecular weight excluding hydrogens is 606 g/mol. The number of amides is 2. The summed E-state index contributed by atoms with van der Waals surface area (Å²) < 4.78 is 26.1. The Morgan fingerprint density at radius 3 is 1.56 bits per heavy atom. The highest BCUT2D eigenvalue weighted by Gasteiger charge is 2.44. The van der Waals surface area contributed by atoms with E-state index in [1.54, 1.807) is 0 Å². The molecule has 0 aliphatic heterocycles. The number of nitrogens with two attached hydrogens (primary N) is 1. The number of carboxylic acid groups (broad SMARTS) is 2. The Hall–Kier alpha value is -3.74. The number of carbonyl (C=O) groups excluding carboxylic acids is 2. The first-order chi connectivity index (χ1) is 18.3. The Bertz CT molecular complexity index is 1240. The fourth-order valence-corrected chi connectivity index (χ4v) is 4.22. The normalized spacial score (nSPS) is 15.0. The van der Waals surface area contributed by atoms with E-state index in [0.717, 1.165) is 37.8 Å². The number of nitrogens with one attached hydrogen (secondary N) is 3. The standard InChI is InChI=1S/C13H15FN2O3.C8H9FN2O.C5H7BrO2.2CH4/c1-15-11(17)9-4-3-8(7-10(9)14)16-13(12(18)19)5-2-6-13;1-11-8(12)6-3-2-5(10)4-7(6)9;6-5(4(7)8)2-1-3-5;;/h3-4,7,16H,2,5-6H2,1H3,(H,15,17)(H,18,19);2-4H,10H2,1H3,(H,11,12);1-3H2,(H,7,8);2*1H4. The molecular formula is C28H39BrF2N4O6. The molecule has 0 radical (unpaired) electrons. The van der Waals surface area contributed by atoms with Crippen molar-refractivity contribution in [3.8, 4) is 0 Å². The van der Waals surface area contributed by atoms with Gasteiger partial charge in [-0.1, -0.05) is 30.8 Å². The molecule has 2 aliphatic rings. The summed E-state index contributed by atoms with van der Waals surface area (Å²) in [6.45, 7) is 0. The number of nitrogen functional groups attached to an aromatic ring is 1. The molecule has 0 aromatic heterocycles. The van der Waals surface area contributed by atoms with Crippen LogP contribution in [0.2, 0.25) is 0 Å². The number of benzene rings is 2. The van der Waals surface area contributed by atoms with Crippen molar-refractivity contribution in [2.45, 2.75) is 63.2 Å². The third kappa shape index (κ3) is 9.41. The smallest absolute Gasteiger partial charge is 0.329 e. The molecule has 2 amide bonds. The average Bonchev–Trinajstić information content (AvgIpc) is 2.84. The number of carbonyl (C=O) groups is 4. The molecule has 2 fully saturated rings. The van der Waals surface area contributed by atoms with Crippen molar-refractivity contribution in [3.63, 3.8) is 0 Å². The van der Waals surface area contributed by atoms with E-state index < -0.39 is 45.3 Å². The fourth-order valence-electron chi connectivity index (χ4n) is 3.66. The van der Waals surface area contributed by atoms with Crippen molar-refractivity contribution >= 4 is 51.1 Å². The molecule has 0 unspecified atom stereocenters. The van der Waals surface area contributed by atoms with Crippen LogP contribution in [0.3, 0.4) is 0 Å². The number of hydrogen-bond donors (Lipinski definition) is 6. The summed E-state index contributed by atoms with van der Waals surface area (Å²) >= 11 is 3.13. The highest BCUT2D eigenvalue weighted by Crippen LogP contribution is 2.40. The van der Waals surface area contributed by atoms with Gasteiger partial charge in [-0.3, -0.25) is 14.4 Å². The lowest BCUT2D eigenvalue weighted by atomic mass is 9.76. The third-order valence-corrected chi connectivity index (χ3v) is 7.57. The molecule has 2 aliphatic carbocycles. The van der Waals surface area contributed by atoms with Crippen molar-refractivity contribution in [1.29, 1.82) is 0 Å². The second kappa shape index (κ2) is 15.9. The largest absolute Gasteiger partial charge is 0.480 e. The number of rotatable bonds is 6. The molecule has 7 N–H and O–H groups in total. The van der Waals surface area contributed by atoms with E-state index >= 15 is 0 Å². The minimum Gasteiger partial charge on any atom is -0.480 e. The van der Waals surface area contributed by atoms with Gasteiger partial charge in [-0.2, -0.15) is 0 Å². The van der Waals surface area contributed by atoms with Gasteiger partial charge < -0.3 is 31.9 Å². The number of halogens is 3. The molecule has 0 bridgehead atoms. The van der Waals surface area contributed by atoms with E-state index in [1.165, 1.54) is 38.4 Å². The lowest BCUT2D eigenvalue weighted by Crippen LogP contribution is -2.52. The Kier molecular flexibility index (Phi) is 14.4. The number of carboxylic acids is 2. The van der Waals surface area contributed by atoms with Crippen molar-refractivity contribution < 1.29 is 38.2 Å². The van der Waals surface area contributed by atoms with Crippen LogP contribution in [0.15, 0.2) is 36.4 Å². The summed E-state index contributed by atoms with van der Waals surface area (Å²) in [5, 5.41) is 25.1. The number of aliphatic carboxylic acids is 2. The highest BCUT2D eigenvalue weighted by molar-refractivity contribution is 9.10. The lowest BCUT2D eigenvalue weighted by Gasteiger charge is -2.39. The number of anilines is 2. The first-order valence-electron chi connectivity index (χ1n) is 12.0. The zero-order valence-electron chi connectivity index (χ0n) is 21.4. The van der Waals surface area contributed by atoms with Gasteiger partial charge in [-0.25, -0.2) is 13.6 Å². The topological polar surface area (TPSA) is 171 Å². The van der Waals surface area contributed by atoms with Crippen LogP contribution in [0.1, 0.15) is 74.1 Å². The molecule has 2 aromatic carbocycles. The van der Waals surface area contributed by atoms with Crippen LogP contribution in [-0.4, -0.2) is 57.9 Å². The van der Waals surface area contributed by atoms with Gasteiger partial charge in [0.1, 0.15) is 21.5 Å². The third-order valence-electron chi connectivity index (χ3n) is 6.44. The van der Waals surface area contributed by atoms with Crippen molar-refractivity contribution in [3.05, 3.63) is 59.2 Å². The van der Waals surface area contributed by atoms with E-state index in [-0.39, 0.29) is 26.0 Å². The van der Waals surface area contributed by atoms with Crippen LogP contribution >= 0.6 is 15.9 Å². The predicted octanol–water partition coefficient (Wildman–Crippen LogP) is 5.03. The van der Waals surface area contributed by atoms with Crippen LogP contribution in [0.25, 0.3) is 0 Å². The molecule has 0 heterocycles. The minimum absolute atomic E-state index is 0. The lowest BCUT2D eigenvalue weighted by molar-refractivity contribution is -0.145. The summed E-state index contributed by atoms with van der Waals surface area (Å²) in [5.74, 6) is -3.90. The summed E-state index contributed by atoms with van der Waals surface area (Å²) in [5.41, 5.74) is 4.91. The molecule has 4 rings (SSSR count). The van der Waals surface area contributed by atoms with Crippen LogP contribution in [0.4, 0.5) is 20.2 Å². The number of alkyl halides is 1. The highest BCUT2D eigenvalue weighted by atomic mass is 79.9. The van der Waals surface area contributed by atoms with E-state index in [9.17, 15) is 33.1 Å². The molecule has 13 heteroatoms. The minimum atomic E-state index is -0.999. The molecule has 2 saturated carbocycles. The van der Waals surface area contributed by atoms with Gasteiger partial charge in [0.05, 0.1) is 11.1 Å². The van der Waals surface area contributed by atoms with Gasteiger partial charge in [0.15, 0.2) is 0 Å². The monoisotopic (exact) mass is 644 g/mol. The second-order valence-corrected chi connectivity index (χ2v) is 10.6. The van der Waals surface area contributed by atoms with Crippen LogP contribution < -0.4 is 21.7 Å². The van der Waals surface area contributed by atoms with Crippen molar-refractivity contribution in [1.82, 2.24) is 10.6 Å². The Labute approximate surface area is 247 Å². The Morgan fingerprint density at radius 1 is 0.805 bits per heavy atom. The summed E-state index contributed by atoms with van der Waals surface area (Å²) in [7, 11) is 2.86. The summed E-state index contributed by atoms with van der Waals surface area (Å²) in [4.78, 5) is 43.7. The molecule has 228 valence electrons. The van der Waals surface area contributed by atoms with Gasteiger partial charge in [0.25, 0.3) is 11.8 Å². The molecule has 0 atom stereocenters. The Morgan fingerprint density at radius 2 is 1.27 bits per heavy atom. The molecule has 10 nitrogen and oxygen atoms in total. The van der Waals surface area contributed by atoms with E-state index in [1.807, 2.05) is 0 Å². The summed E-state index contributed by atoms with van der Waals surface area (Å²) in [6, 6.07) is 7.94. The SMILES string of the molecule is C.C.CNC(=O)c1ccc(N)cc1F.CNC(=O)c1ccc(NC2(C(=O)O)CCC2)cc1F.O=C(O)C1(Br)CCC1. The second-order valence-electron chi connectivity index (χ2n) is 9.08. The predicted molar refractivity (Wildman–Crippen MR) is 158 cm³/mol. The molecule has 0 spiro atoms. The van der Waals surface area contributed by atoms with Crippen LogP contribution in [0.5, 0.6) is 0 Å². The number of hydrogen-bond acceptors (Lipinski definition) is 6.